The monoisotopic (exact) mass is 266 g/mol. The van der Waals surface area contributed by atoms with Crippen LogP contribution in [-0.4, -0.2) is 11.1 Å². The van der Waals surface area contributed by atoms with E-state index in [1.54, 1.807) is 18.2 Å². The molecule has 0 aliphatic heterocycles. The third-order valence-electron chi connectivity index (χ3n) is 3.43. The van der Waals surface area contributed by atoms with Gasteiger partial charge in [-0.25, -0.2) is 4.39 Å². The average molecular weight is 266 g/mol. The number of hydrogen-bond donors (Lipinski definition) is 1. The third-order valence-corrected chi connectivity index (χ3v) is 3.43. The summed E-state index contributed by atoms with van der Waals surface area (Å²) in [6, 6.07) is 6.18. The van der Waals surface area contributed by atoms with Crippen LogP contribution >= 0.6 is 0 Å². The fraction of sp³-hybridized carbons (Fsp3) is 0.562. The summed E-state index contributed by atoms with van der Waals surface area (Å²) in [5.74, 6) is -2.06. The zero-order valence-electron chi connectivity index (χ0n) is 11.6. The lowest BCUT2D eigenvalue weighted by Gasteiger charge is -2.13. The lowest BCUT2D eigenvalue weighted by Crippen LogP contribution is -2.13. The van der Waals surface area contributed by atoms with Crippen molar-refractivity contribution in [3.63, 3.8) is 0 Å². The van der Waals surface area contributed by atoms with E-state index < -0.39 is 17.7 Å². The number of carbonyl (C=O) groups is 1. The summed E-state index contributed by atoms with van der Waals surface area (Å²) in [5, 5.41) is 9.23. The SMILES string of the molecule is CCCCCCCCC(C(=O)O)c1ccccc1F. The minimum atomic E-state index is -0.932. The predicted molar refractivity (Wildman–Crippen MR) is 74.8 cm³/mol. The second-order valence-electron chi connectivity index (χ2n) is 4.97. The number of halogens is 1. The number of aliphatic carboxylic acids is 1. The van der Waals surface area contributed by atoms with E-state index in [9.17, 15) is 14.3 Å². The Kier molecular flexibility index (Phi) is 7.16. The highest BCUT2D eigenvalue weighted by Crippen LogP contribution is 2.25. The number of unbranched alkanes of at least 4 members (excludes halogenated alkanes) is 5. The number of carboxylic acid groups (broad SMARTS) is 1. The van der Waals surface area contributed by atoms with Gasteiger partial charge in [-0.1, -0.05) is 63.6 Å². The van der Waals surface area contributed by atoms with E-state index in [0.29, 0.717) is 12.0 Å². The van der Waals surface area contributed by atoms with E-state index in [-0.39, 0.29) is 0 Å². The topological polar surface area (TPSA) is 37.3 Å². The molecule has 1 aromatic carbocycles. The molecule has 1 atom stereocenters. The first-order valence-corrected chi connectivity index (χ1v) is 7.14. The Morgan fingerprint density at radius 3 is 2.42 bits per heavy atom. The summed E-state index contributed by atoms with van der Waals surface area (Å²) in [4.78, 5) is 11.3. The van der Waals surface area contributed by atoms with Gasteiger partial charge in [0.25, 0.3) is 0 Å². The molecule has 0 saturated heterocycles. The molecule has 1 unspecified atom stereocenters. The van der Waals surface area contributed by atoms with Gasteiger partial charge in [-0.2, -0.15) is 0 Å². The first kappa shape index (κ1) is 15.7. The van der Waals surface area contributed by atoms with Crippen LogP contribution in [-0.2, 0) is 4.79 Å². The Hall–Kier alpha value is -1.38. The van der Waals surface area contributed by atoms with Gasteiger partial charge in [-0.3, -0.25) is 4.79 Å². The maximum Gasteiger partial charge on any atom is 0.311 e. The Labute approximate surface area is 114 Å². The standard InChI is InChI=1S/C16H23FO2/c1-2-3-4-5-6-7-11-14(16(18)19)13-10-8-9-12-15(13)17/h8-10,12,14H,2-7,11H2,1H3,(H,18,19). The summed E-state index contributed by atoms with van der Waals surface area (Å²) in [7, 11) is 0. The number of hydrogen-bond acceptors (Lipinski definition) is 1. The Balaban J connectivity index is 2.46. The van der Waals surface area contributed by atoms with Crippen LogP contribution in [0.3, 0.4) is 0 Å². The van der Waals surface area contributed by atoms with Crippen LogP contribution in [0.1, 0.15) is 63.4 Å². The largest absolute Gasteiger partial charge is 0.481 e. The predicted octanol–water partition coefficient (Wildman–Crippen LogP) is 4.74. The molecule has 1 N–H and O–H groups in total. The minimum Gasteiger partial charge on any atom is -0.481 e. The van der Waals surface area contributed by atoms with Crippen molar-refractivity contribution in [1.82, 2.24) is 0 Å². The second kappa shape index (κ2) is 8.68. The quantitative estimate of drug-likeness (QED) is 0.655. The third kappa shape index (κ3) is 5.41. The van der Waals surface area contributed by atoms with E-state index in [1.165, 1.54) is 25.3 Å². The second-order valence-corrected chi connectivity index (χ2v) is 4.97. The smallest absolute Gasteiger partial charge is 0.311 e. The van der Waals surface area contributed by atoms with Crippen LogP contribution in [0.4, 0.5) is 4.39 Å². The highest BCUT2D eigenvalue weighted by Gasteiger charge is 2.22. The number of rotatable bonds is 9. The van der Waals surface area contributed by atoms with Gasteiger partial charge in [0.1, 0.15) is 5.82 Å². The Morgan fingerprint density at radius 1 is 1.16 bits per heavy atom. The summed E-state index contributed by atoms with van der Waals surface area (Å²) >= 11 is 0. The van der Waals surface area contributed by atoms with Crippen LogP contribution in [0.5, 0.6) is 0 Å². The molecule has 0 fully saturated rings. The molecular weight excluding hydrogens is 243 g/mol. The molecule has 2 nitrogen and oxygen atoms in total. The molecule has 0 saturated carbocycles. The zero-order chi connectivity index (χ0) is 14.1. The van der Waals surface area contributed by atoms with Crippen LogP contribution in [0, 0.1) is 5.82 Å². The first-order valence-electron chi connectivity index (χ1n) is 7.14. The molecule has 0 amide bonds. The van der Waals surface area contributed by atoms with Crippen molar-refractivity contribution in [3.8, 4) is 0 Å². The number of carboxylic acids is 1. The van der Waals surface area contributed by atoms with Crippen LogP contribution in [0.15, 0.2) is 24.3 Å². The summed E-state index contributed by atoms with van der Waals surface area (Å²) < 4.78 is 13.6. The Bertz CT molecular complexity index is 390. The van der Waals surface area contributed by atoms with Gasteiger partial charge in [-0.05, 0) is 12.5 Å². The number of benzene rings is 1. The first-order chi connectivity index (χ1) is 9.16. The molecule has 0 aliphatic carbocycles. The molecule has 3 heteroatoms. The molecule has 0 radical (unpaired) electrons. The zero-order valence-corrected chi connectivity index (χ0v) is 11.6. The molecule has 0 spiro atoms. The molecule has 19 heavy (non-hydrogen) atoms. The lowest BCUT2D eigenvalue weighted by molar-refractivity contribution is -0.139. The van der Waals surface area contributed by atoms with Crippen LogP contribution < -0.4 is 0 Å². The highest BCUT2D eigenvalue weighted by atomic mass is 19.1. The van der Waals surface area contributed by atoms with E-state index in [4.69, 9.17) is 0 Å². The fourth-order valence-electron chi connectivity index (χ4n) is 2.30. The molecular formula is C16H23FO2. The Morgan fingerprint density at radius 2 is 1.79 bits per heavy atom. The van der Waals surface area contributed by atoms with Gasteiger partial charge >= 0.3 is 5.97 Å². The van der Waals surface area contributed by atoms with E-state index in [1.807, 2.05) is 0 Å². The van der Waals surface area contributed by atoms with Gasteiger partial charge in [0.05, 0.1) is 5.92 Å². The van der Waals surface area contributed by atoms with E-state index in [2.05, 4.69) is 6.92 Å². The highest BCUT2D eigenvalue weighted by molar-refractivity contribution is 5.76. The lowest BCUT2D eigenvalue weighted by atomic mass is 9.92. The van der Waals surface area contributed by atoms with Gasteiger partial charge in [0.2, 0.25) is 0 Å². The molecule has 0 aliphatic rings. The average Bonchev–Trinajstić information content (AvgIpc) is 2.39. The van der Waals surface area contributed by atoms with Gasteiger partial charge < -0.3 is 5.11 Å². The van der Waals surface area contributed by atoms with Crippen LogP contribution in [0.25, 0.3) is 0 Å². The minimum absolute atomic E-state index is 0.309. The van der Waals surface area contributed by atoms with Gasteiger partial charge in [0, 0.05) is 5.56 Å². The van der Waals surface area contributed by atoms with E-state index >= 15 is 0 Å². The van der Waals surface area contributed by atoms with Gasteiger partial charge in [-0.15, -0.1) is 0 Å². The summed E-state index contributed by atoms with van der Waals surface area (Å²) in [5.41, 5.74) is 0.309. The van der Waals surface area contributed by atoms with Crippen molar-refractivity contribution in [3.05, 3.63) is 35.6 Å². The van der Waals surface area contributed by atoms with Crippen molar-refractivity contribution < 1.29 is 14.3 Å². The van der Waals surface area contributed by atoms with Crippen molar-refractivity contribution in [2.75, 3.05) is 0 Å². The van der Waals surface area contributed by atoms with Crippen molar-refractivity contribution in [2.24, 2.45) is 0 Å². The van der Waals surface area contributed by atoms with E-state index in [0.717, 1.165) is 19.3 Å². The molecule has 1 rings (SSSR count). The van der Waals surface area contributed by atoms with Crippen molar-refractivity contribution in [1.29, 1.82) is 0 Å². The van der Waals surface area contributed by atoms with Crippen molar-refractivity contribution >= 4 is 5.97 Å². The maximum atomic E-state index is 13.6. The van der Waals surface area contributed by atoms with Gasteiger partial charge in [0.15, 0.2) is 0 Å². The molecule has 0 heterocycles. The molecule has 1 aromatic rings. The normalized spacial score (nSPS) is 12.3. The molecule has 0 bridgehead atoms. The van der Waals surface area contributed by atoms with Crippen molar-refractivity contribution in [2.45, 2.75) is 57.8 Å². The molecule has 0 aromatic heterocycles. The molecule has 106 valence electrons. The summed E-state index contributed by atoms with van der Waals surface area (Å²) in [6.07, 6.45) is 7.16. The maximum absolute atomic E-state index is 13.6. The fourth-order valence-corrected chi connectivity index (χ4v) is 2.30. The van der Waals surface area contributed by atoms with Crippen LogP contribution in [0.2, 0.25) is 0 Å². The summed E-state index contributed by atoms with van der Waals surface area (Å²) in [6.45, 7) is 2.17.